The number of hydrogen-bond acceptors (Lipinski definition) is 5. The first-order chi connectivity index (χ1) is 10.1. The van der Waals surface area contributed by atoms with Gasteiger partial charge in [0.05, 0.1) is 19.3 Å². The lowest BCUT2D eigenvalue weighted by Crippen LogP contribution is -2.44. The van der Waals surface area contributed by atoms with Gasteiger partial charge in [-0.25, -0.2) is 0 Å². The summed E-state index contributed by atoms with van der Waals surface area (Å²) in [5.41, 5.74) is 8.11. The van der Waals surface area contributed by atoms with Gasteiger partial charge in [-0.1, -0.05) is 6.07 Å². The number of carbonyl (C=O) groups is 1. The van der Waals surface area contributed by atoms with Crippen molar-refractivity contribution < 1.29 is 14.6 Å². The lowest BCUT2D eigenvalue weighted by Gasteiger charge is -2.31. The lowest BCUT2D eigenvalue weighted by atomic mass is 10.1. The number of nitrogen functional groups attached to an aromatic ring is 1. The van der Waals surface area contributed by atoms with Crippen molar-refractivity contribution in [3.05, 3.63) is 23.8 Å². The zero-order chi connectivity index (χ0) is 15.2. The van der Waals surface area contributed by atoms with E-state index in [2.05, 4.69) is 10.2 Å². The fourth-order valence-electron chi connectivity index (χ4n) is 2.34. The molecule has 0 bridgehead atoms. The third-order valence-corrected chi connectivity index (χ3v) is 3.62. The van der Waals surface area contributed by atoms with E-state index in [-0.39, 0.29) is 18.6 Å². The Hall–Kier alpha value is -1.63. The van der Waals surface area contributed by atoms with Gasteiger partial charge in [-0.3, -0.25) is 9.69 Å². The van der Waals surface area contributed by atoms with Gasteiger partial charge in [0, 0.05) is 37.4 Å². The van der Waals surface area contributed by atoms with E-state index in [0.717, 1.165) is 17.8 Å². The minimum Gasteiger partial charge on any atom is -0.399 e. The van der Waals surface area contributed by atoms with Crippen molar-refractivity contribution in [2.24, 2.45) is 0 Å². The fraction of sp³-hybridized carbons (Fsp3) is 0.533. The first-order valence-electron chi connectivity index (χ1n) is 7.19. The van der Waals surface area contributed by atoms with E-state index < -0.39 is 0 Å². The number of benzene rings is 1. The predicted octanol–water partition coefficient (Wildman–Crippen LogP) is 0.599. The predicted molar refractivity (Wildman–Crippen MR) is 82.1 cm³/mol. The molecule has 1 amide bonds. The maximum Gasteiger partial charge on any atom is 0.225 e. The van der Waals surface area contributed by atoms with Crippen molar-refractivity contribution in [1.82, 2.24) is 4.90 Å². The topological polar surface area (TPSA) is 87.8 Å². The van der Waals surface area contributed by atoms with Crippen molar-refractivity contribution in [2.75, 3.05) is 43.9 Å². The molecule has 1 fully saturated rings. The molecule has 21 heavy (non-hydrogen) atoms. The normalized spacial score (nSPS) is 19.4. The zero-order valence-corrected chi connectivity index (χ0v) is 12.3. The van der Waals surface area contributed by atoms with Crippen molar-refractivity contribution in [3.63, 3.8) is 0 Å². The number of aliphatic hydroxyl groups is 1. The molecule has 1 atom stereocenters. The second-order valence-electron chi connectivity index (χ2n) is 5.35. The molecule has 1 aliphatic heterocycles. The number of anilines is 2. The molecule has 0 radical (unpaired) electrons. The van der Waals surface area contributed by atoms with Crippen LogP contribution in [0.5, 0.6) is 0 Å². The number of nitrogens with two attached hydrogens (primary N) is 1. The quantitative estimate of drug-likeness (QED) is 0.692. The summed E-state index contributed by atoms with van der Waals surface area (Å²) in [7, 11) is 0. The van der Waals surface area contributed by atoms with E-state index >= 15 is 0 Å². The van der Waals surface area contributed by atoms with Gasteiger partial charge in [0.2, 0.25) is 5.91 Å². The number of ether oxygens (including phenoxy) is 1. The summed E-state index contributed by atoms with van der Waals surface area (Å²) in [6, 6.07) is 5.47. The molecule has 0 aliphatic carbocycles. The summed E-state index contributed by atoms with van der Waals surface area (Å²) in [5.74, 6) is -0.0317. The number of nitrogens with zero attached hydrogens (tertiary/aromatic N) is 1. The standard InChI is InChI=1S/C15H23N3O3/c1-11-2-3-12(16)8-14(11)17-15(20)4-5-18-6-7-21-13(9-18)10-19/h2-3,8,13,19H,4-7,9-10,16H2,1H3,(H,17,20). The summed E-state index contributed by atoms with van der Waals surface area (Å²) in [6.45, 7) is 4.67. The highest BCUT2D eigenvalue weighted by Gasteiger charge is 2.20. The number of hydrogen-bond donors (Lipinski definition) is 3. The largest absolute Gasteiger partial charge is 0.399 e. The van der Waals surface area contributed by atoms with Crippen LogP contribution in [0.4, 0.5) is 11.4 Å². The summed E-state index contributed by atoms with van der Waals surface area (Å²) in [6.07, 6.45) is 0.268. The second kappa shape index (κ2) is 7.40. The van der Waals surface area contributed by atoms with Crippen molar-refractivity contribution >= 4 is 17.3 Å². The molecule has 1 unspecified atom stereocenters. The van der Waals surface area contributed by atoms with Crippen LogP contribution in [0.3, 0.4) is 0 Å². The molecule has 1 aromatic carbocycles. The highest BCUT2D eigenvalue weighted by molar-refractivity contribution is 5.92. The fourth-order valence-corrected chi connectivity index (χ4v) is 2.34. The smallest absolute Gasteiger partial charge is 0.225 e. The molecular weight excluding hydrogens is 270 g/mol. The minimum atomic E-state index is -0.141. The van der Waals surface area contributed by atoms with Crippen LogP contribution in [0.1, 0.15) is 12.0 Å². The Labute approximate surface area is 124 Å². The molecule has 6 nitrogen and oxygen atoms in total. The summed E-state index contributed by atoms with van der Waals surface area (Å²) in [5, 5.41) is 12.0. The van der Waals surface area contributed by atoms with Crippen LogP contribution in [-0.4, -0.2) is 54.9 Å². The van der Waals surface area contributed by atoms with Gasteiger partial charge in [0.1, 0.15) is 0 Å². The average molecular weight is 293 g/mol. The SMILES string of the molecule is Cc1ccc(N)cc1NC(=O)CCN1CCOC(CO)C1. The van der Waals surface area contributed by atoms with Gasteiger partial charge in [0.25, 0.3) is 0 Å². The van der Waals surface area contributed by atoms with Crippen LogP contribution < -0.4 is 11.1 Å². The van der Waals surface area contributed by atoms with Crippen molar-refractivity contribution in [2.45, 2.75) is 19.4 Å². The number of aliphatic hydroxyl groups excluding tert-OH is 1. The van der Waals surface area contributed by atoms with E-state index in [9.17, 15) is 4.79 Å². The Morgan fingerprint density at radius 3 is 3.14 bits per heavy atom. The maximum atomic E-state index is 12.0. The molecule has 2 rings (SSSR count). The molecule has 0 spiro atoms. The Morgan fingerprint density at radius 1 is 1.57 bits per heavy atom. The van der Waals surface area contributed by atoms with Gasteiger partial charge in [-0.05, 0) is 24.6 Å². The number of aryl methyl sites for hydroxylation is 1. The van der Waals surface area contributed by atoms with E-state index in [0.29, 0.717) is 31.8 Å². The molecule has 1 saturated heterocycles. The van der Waals surface area contributed by atoms with Crippen molar-refractivity contribution in [1.29, 1.82) is 0 Å². The molecule has 0 saturated carbocycles. The molecule has 0 aromatic heterocycles. The first-order valence-corrected chi connectivity index (χ1v) is 7.19. The monoisotopic (exact) mass is 293 g/mol. The molecule has 1 aromatic rings. The summed E-state index contributed by atoms with van der Waals surface area (Å²) in [4.78, 5) is 14.1. The number of rotatable bonds is 5. The molecule has 6 heteroatoms. The molecule has 1 aliphatic rings. The molecule has 116 valence electrons. The Balaban J connectivity index is 1.80. The number of morpholine rings is 1. The summed E-state index contributed by atoms with van der Waals surface area (Å²) < 4.78 is 5.38. The van der Waals surface area contributed by atoms with Crippen LogP contribution in [0.25, 0.3) is 0 Å². The maximum absolute atomic E-state index is 12.0. The van der Waals surface area contributed by atoms with Gasteiger partial charge in [-0.15, -0.1) is 0 Å². The average Bonchev–Trinajstić information content (AvgIpc) is 2.49. The Kier molecular flexibility index (Phi) is 5.55. The molecular formula is C15H23N3O3. The van der Waals surface area contributed by atoms with Crippen LogP contribution in [-0.2, 0) is 9.53 Å². The summed E-state index contributed by atoms with van der Waals surface area (Å²) >= 11 is 0. The Bertz CT molecular complexity index is 493. The van der Waals surface area contributed by atoms with E-state index in [1.54, 1.807) is 6.07 Å². The second-order valence-corrected chi connectivity index (χ2v) is 5.35. The van der Waals surface area contributed by atoms with Crippen LogP contribution in [0.2, 0.25) is 0 Å². The van der Waals surface area contributed by atoms with Crippen LogP contribution >= 0.6 is 0 Å². The van der Waals surface area contributed by atoms with Gasteiger partial charge >= 0.3 is 0 Å². The van der Waals surface area contributed by atoms with E-state index in [1.807, 2.05) is 19.1 Å². The molecule has 1 heterocycles. The molecule has 4 N–H and O–H groups in total. The van der Waals surface area contributed by atoms with Gasteiger partial charge < -0.3 is 20.9 Å². The van der Waals surface area contributed by atoms with E-state index in [4.69, 9.17) is 15.6 Å². The number of nitrogens with one attached hydrogen (secondary N) is 1. The Morgan fingerprint density at radius 2 is 2.38 bits per heavy atom. The van der Waals surface area contributed by atoms with Crippen LogP contribution in [0, 0.1) is 6.92 Å². The lowest BCUT2D eigenvalue weighted by molar-refractivity contribution is -0.117. The highest BCUT2D eigenvalue weighted by atomic mass is 16.5. The number of amides is 1. The van der Waals surface area contributed by atoms with E-state index in [1.165, 1.54) is 0 Å². The third-order valence-electron chi connectivity index (χ3n) is 3.62. The number of carbonyl (C=O) groups excluding carboxylic acids is 1. The zero-order valence-electron chi connectivity index (χ0n) is 12.3. The highest BCUT2D eigenvalue weighted by Crippen LogP contribution is 2.18. The van der Waals surface area contributed by atoms with Gasteiger partial charge in [0.15, 0.2) is 0 Å². The van der Waals surface area contributed by atoms with Crippen molar-refractivity contribution in [3.8, 4) is 0 Å². The van der Waals surface area contributed by atoms with Crippen LogP contribution in [0.15, 0.2) is 18.2 Å². The van der Waals surface area contributed by atoms with Gasteiger partial charge in [-0.2, -0.15) is 0 Å². The third kappa shape index (κ3) is 4.70. The first kappa shape index (κ1) is 15.8. The minimum absolute atomic E-state index is 0.0190.